The summed E-state index contributed by atoms with van der Waals surface area (Å²) in [6.07, 6.45) is 4.50. The largest absolute Gasteiger partial charge is 0.507 e. The smallest absolute Gasteiger partial charge is 0.407 e. The number of aldehydes is 1. The molecule has 0 heterocycles. The molecule has 1 aliphatic carbocycles. The van der Waals surface area contributed by atoms with Crippen LogP contribution in [0.15, 0.2) is 72.8 Å². The zero-order valence-corrected chi connectivity index (χ0v) is 17.0. The SMILES string of the molecule is O=Cc1ccc(C=CCCNC(=O)OCC2c3ccccc3-c3ccccc32)cc1O. The van der Waals surface area contributed by atoms with E-state index in [1.54, 1.807) is 12.1 Å². The van der Waals surface area contributed by atoms with Gasteiger partial charge in [0.1, 0.15) is 12.4 Å². The monoisotopic (exact) mass is 413 g/mol. The Labute approximate surface area is 181 Å². The average molecular weight is 413 g/mol. The van der Waals surface area contributed by atoms with Crippen LogP contribution in [0.25, 0.3) is 17.2 Å². The summed E-state index contributed by atoms with van der Waals surface area (Å²) in [6.45, 7) is 0.726. The van der Waals surface area contributed by atoms with E-state index in [0.717, 1.165) is 5.56 Å². The molecule has 0 bridgehead atoms. The lowest BCUT2D eigenvalue weighted by Gasteiger charge is -2.14. The Bertz CT molecular complexity index is 1090. The van der Waals surface area contributed by atoms with E-state index in [4.69, 9.17) is 4.74 Å². The first-order valence-electron chi connectivity index (χ1n) is 10.2. The normalized spacial score (nSPS) is 12.4. The average Bonchev–Trinajstić information content (AvgIpc) is 3.11. The van der Waals surface area contributed by atoms with Crippen molar-refractivity contribution in [1.29, 1.82) is 0 Å². The summed E-state index contributed by atoms with van der Waals surface area (Å²) in [4.78, 5) is 22.9. The minimum atomic E-state index is -0.441. The molecular weight excluding hydrogens is 390 g/mol. The summed E-state index contributed by atoms with van der Waals surface area (Å²) in [5.74, 6) is -0.00558. The Balaban J connectivity index is 1.27. The fourth-order valence-corrected chi connectivity index (χ4v) is 3.89. The van der Waals surface area contributed by atoms with E-state index in [9.17, 15) is 14.7 Å². The lowest BCUT2D eigenvalue weighted by atomic mass is 9.98. The van der Waals surface area contributed by atoms with Crippen molar-refractivity contribution in [1.82, 2.24) is 5.32 Å². The number of hydrogen-bond acceptors (Lipinski definition) is 4. The highest BCUT2D eigenvalue weighted by Crippen LogP contribution is 2.44. The van der Waals surface area contributed by atoms with E-state index < -0.39 is 6.09 Å². The number of rotatable bonds is 7. The maximum Gasteiger partial charge on any atom is 0.407 e. The molecule has 0 aliphatic heterocycles. The van der Waals surface area contributed by atoms with Crippen LogP contribution in [0.2, 0.25) is 0 Å². The van der Waals surface area contributed by atoms with Crippen LogP contribution in [0, 0.1) is 0 Å². The summed E-state index contributed by atoms with van der Waals surface area (Å²) >= 11 is 0. The summed E-state index contributed by atoms with van der Waals surface area (Å²) in [7, 11) is 0. The Morgan fingerprint density at radius 3 is 2.32 bits per heavy atom. The van der Waals surface area contributed by atoms with E-state index in [1.807, 2.05) is 36.4 Å². The molecule has 0 fully saturated rings. The van der Waals surface area contributed by atoms with Crippen LogP contribution in [-0.4, -0.2) is 30.6 Å². The third-order valence-corrected chi connectivity index (χ3v) is 5.42. The maximum atomic E-state index is 12.1. The molecular formula is C26H23NO4. The van der Waals surface area contributed by atoms with Gasteiger partial charge in [-0.25, -0.2) is 4.79 Å². The van der Waals surface area contributed by atoms with E-state index in [2.05, 4.69) is 29.6 Å². The van der Waals surface area contributed by atoms with Gasteiger partial charge >= 0.3 is 6.09 Å². The van der Waals surface area contributed by atoms with Gasteiger partial charge in [0, 0.05) is 12.5 Å². The molecule has 3 aromatic rings. The molecule has 3 aromatic carbocycles. The van der Waals surface area contributed by atoms with Gasteiger partial charge in [-0.15, -0.1) is 0 Å². The number of nitrogens with one attached hydrogen (secondary N) is 1. The van der Waals surface area contributed by atoms with Gasteiger partial charge in [-0.1, -0.05) is 66.7 Å². The van der Waals surface area contributed by atoms with E-state index in [0.29, 0.717) is 19.3 Å². The van der Waals surface area contributed by atoms with Gasteiger partial charge in [-0.2, -0.15) is 0 Å². The fourth-order valence-electron chi connectivity index (χ4n) is 3.89. The van der Waals surface area contributed by atoms with Crippen LogP contribution in [-0.2, 0) is 4.74 Å². The van der Waals surface area contributed by atoms with Crippen molar-refractivity contribution in [3.05, 3.63) is 95.1 Å². The molecule has 0 aromatic heterocycles. The molecule has 0 radical (unpaired) electrons. The lowest BCUT2D eigenvalue weighted by Crippen LogP contribution is -2.26. The zero-order chi connectivity index (χ0) is 21.6. The van der Waals surface area contributed by atoms with Gasteiger partial charge in [-0.3, -0.25) is 4.79 Å². The topological polar surface area (TPSA) is 75.6 Å². The number of benzene rings is 3. The molecule has 0 saturated carbocycles. The Hall–Kier alpha value is -3.86. The van der Waals surface area contributed by atoms with Gasteiger partial charge in [0.2, 0.25) is 0 Å². The quantitative estimate of drug-likeness (QED) is 0.415. The van der Waals surface area contributed by atoms with Crippen LogP contribution in [0.1, 0.15) is 39.4 Å². The van der Waals surface area contributed by atoms with Crippen molar-refractivity contribution >= 4 is 18.5 Å². The van der Waals surface area contributed by atoms with Crippen molar-refractivity contribution in [2.24, 2.45) is 0 Å². The summed E-state index contributed by atoms with van der Waals surface area (Å²) in [6, 6.07) is 21.3. The maximum absolute atomic E-state index is 12.1. The van der Waals surface area contributed by atoms with Crippen molar-refractivity contribution in [2.75, 3.05) is 13.2 Å². The number of phenolic OH excluding ortho intramolecular Hbond substituents is 1. The van der Waals surface area contributed by atoms with Crippen molar-refractivity contribution in [3.8, 4) is 16.9 Å². The highest BCUT2D eigenvalue weighted by atomic mass is 16.5. The molecule has 0 atom stereocenters. The molecule has 2 N–H and O–H groups in total. The third-order valence-electron chi connectivity index (χ3n) is 5.42. The van der Waals surface area contributed by atoms with Gasteiger partial charge in [-0.05, 0) is 46.4 Å². The van der Waals surface area contributed by atoms with Crippen molar-refractivity contribution in [3.63, 3.8) is 0 Å². The number of carbonyl (C=O) groups is 2. The van der Waals surface area contributed by atoms with Gasteiger partial charge in [0.15, 0.2) is 6.29 Å². The van der Waals surface area contributed by atoms with Crippen molar-refractivity contribution in [2.45, 2.75) is 12.3 Å². The van der Waals surface area contributed by atoms with Gasteiger partial charge in [0.05, 0.1) is 5.56 Å². The Kier molecular flexibility index (Phi) is 6.13. The number of carbonyl (C=O) groups excluding carboxylic acids is 2. The third kappa shape index (κ3) is 4.51. The second kappa shape index (κ2) is 9.30. The first-order chi connectivity index (χ1) is 15.2. The minimum Gasteiger partial charge on any atom is -0.507 e. The number of phenols is 1. The van der Waals surface area contributed by atoms with E-state index in [1.165, 1.54) is 28.3 Å². The number of amides is 1. The van der Waals surface area contributed by atoms with Gasteiger partial charge in [0.25, 0.3) is 0 Å². The molecule has 5 nitrogen and oxygen atoms in total. The van der Waals surface area contributed by atoms with E-state index in [-0.39, 0.29) is 23.8 Å². The first kappa shape index (κ1) is 20.4. The number of hydrogen-bond donors (Lipinski definition) is 2. The summed E-state index contributed by atoms with van der Waals surface area (Å²) < 4.78 is 5.51. The van der Waals surface area contributed by atoms with Crippen LogP contribution in [0.5, 0.6) is 5.75 Å². The fraction of sp³-hybridized carbons (Fsp3) is 0.154. The predicted molar refractivity (Wildman–Crippen MR) is 120 cm³/mol. The first-order valence-corrected chi connectivity index (χ1v) is 10.2. The molecule has 5 heteroatoms. The van der Waals surface area contributed by atoms with Gasteiger partial charge < -0.3 is 15.2 Å². The molecule has 31 heavy (non-hydrogen) atoms. The second-order valence-corrected chi connectivity index (χ2v) is 7.38. The number of alkyl carbamates (subject to hydrolysis) is 1. The molecule has 0 saturated heterocycles. The molecule has 1 amide bonds. The highest BCUT2D eigenvalue weighted by molar-refractivity contribution is 5.80. The Morgan fingerprint density at radius 1 is 1.00 bits per heavy atom. The molecule has 4 rings (SSSR count). The Morgan fingerprint density at radius 2 is 1.68 bits per heavy atom. The minimum absolute atomic E-state index is 0.0417. The molecule has 1 aliphatic rings. The predicted octanol–water partition coefficient (Wildman–Crippen LogP) is 5.15. The highest BCUT2D eigenvalue weighted by Gasteiger charge is 2.28. The number of fused-ring (bicyclic) bond motifs is 3. The summed E-state index contributed by atoms with van der Waals surface area (Å²) in [5.41, 5.74) is 5.80. The molecule has 0 unspecified atom stereocenters. The second-order valence-electron chi connectivity index (χ2n) is 7.38. The summed E-state index contributed by atoms with van der Waals surface area (Å²) in [5, 5.41) is 12.5. The number of aromatic hydroxyl groups is 1. The number of ether oxygens (including phenoxy) is 1. The zero-order valence-electron chi connectivity index (χ0n) is 17.0. The lowest BCUT2D eigenvalue weighted by molar-refractivity contribution is 0.112. The van der Waals surface area contributed by atoms with Crippen LogP contribution < -0.4 is 5.32 Å². The van der Waals surface area contributed by atoms with Crippen LogP contribution >= 0.6 is 0 Å². The van der Waals surface area contributed by atoms with Crippen molar-refractivity contribution < 1.29 is 19.4 Å². The van der Waals surface area contributed by atoms with E-state index >= 15 is 0 Å². The molecule has 156 valence electrons. The molecule has 0 spiro atoms. The standard InChI is InChI=1S/C26H23NO4/c28-16-19-13-12-18(15-25(19)29)7-5-6-14-27-26(30)31-17-24-22-10-3-1-8-20(22)21-9-2-4-11-23(21)24/h1-5,7-13,15-16,24,29H,6,14,17H2,(H,27,30). The van der Waals surface area contributed by atoms with Crippen LogP contribution in [0.4, 0.5) is 4.79 Å². The van der Waals surface area contributed by atoms with Crippen LogP contribution in [0.3, 0.4) is 0 Å².